The molecule has 0 atom stereocenters. The molecule has 0 saturated heterocycles. The van der Waals surface area contributed by atoms with E-state index in [1.165, 1.54) is 24.3 Å². The number of alkyl halides is 3. The zero-order valence-corrected chi connectivity index (χ0v) is 11.1. The van der Waals surface area contributed by atoms with Crippen molar-refractivity contribution in [1.29, 1.82) is 0 Å². The van der Waals surface area contributed by atoms with Crippen LogP contribution in [0.3, 0.4) is 0 Å². The van der Waals surface area contributed by atoms with E-state index in [2.05, 4.69) is 5.32 Å². The molecule has 110 valence electrons. The molecular weight excluding hydrogens is 295 g/mol. The molecule has 1 aromatic carbocycles. The Bertz CT molecular complexity index is 474. The number of rotatable bonds is 6. The Balaban J connectivity index is 2.47. The van der Waals surface area contributed by atoms with Gasteiger partial charge in [-0.3, -0.25) is 9.59 Å². The van der Waals surface area contributed by atoms with Gasteiger partial charge in [0, 0.05) is 23.4 Å². The molecule has 0 radical (unpaired) electrons. The molecule has 0 aliphatic heterocycles. The van der Waals surface area contributed by atoms with Crippen LogP contribution in [0.25, 0.3) is 0 Å². The molecule has 20 heavy (non-hydrogen) atoms. The molecule has 0 saturated carbocycles. The van der Waals surface area contributed by atoms with E-state index in [1.54, 1.807) is 0 Å². The van der Waals surface area contributed by atoms with Gasteiger partial charge in [0.25, 0.3) is 5.91 Å². The third-order valence-electron chi connectivity index (χ3n) is 2.20. The van der Waals surface area contributed by atoms with Gasteiger partial charge in [0.15, 0.2) is 0 Å². The Hall–Kier alpha value is -1.70. The Morgan fingerprint density at radius 3 is 2.30 bits per heavy atom. The number of thioether (sulfide) groups is 1. The van der Waals surface area contributed by atoms with Crippen molar-refractivity contribution in [3.8, 4) is 0 Å². The Morgan fingerprint density at radius 2 is 1.80 bits per heavy atom. The van der Waals surface area contributed by atoms with Gasteiger partial charge in [0.05, 0.1) is 0 Å². The van der Waals surface area contributed by atoms with Gasteiger partial charge < -0.3 is 10.4 Å². The van der Waals surface area contributed by atoms with Gasteiger partial charge in [-0.2, -0.15) is 13.2 Å². The van der Waals surface area contributed by atoms with Crippen molar-refractivity contribution in [1.82, 2.24) is 5.32 Å². The van der Waals surface area contributed by atoms with Crippen molar-refractivity contribution in [3.63, 3.8) is 0 Å². The lowest BCUT2D eigenvalue weighted by Crippen LogP contribution is -2.24. The van der Waals surface area contributed by atoms with Crippen molar-refractivity contribution in [3.05, 3.63) is 29.8 Å². The second-order valence-electron chi connectivity index (χ2n) is 3.83. The van der Waals surface area contributed by atoms with Crippen LogP contribution in [0.2, 0.25) is 0 Å². The van der Waals surface area contributed by atoms with Gasteiger partial charge in [0.1, 0.15) is 0 Å². The monoisotopic (exact) mass is 307 g/mol. The standard InChI is InChI=1S/C12H12F3NO3S/c13-12(14,15)20-9-5-3-8(4-6-9)11(19)16-7-1-2-10(17)18/h3-6H,1-2,7H2,(H,16,19)(H,17,18). The van der Waals surface area contributed by atoms with Gasteiger partial charge in [-0.25, -0.2) is 0 Å². The lowest BCUT2D eigenvalue weighted by Gasteiger charge is -2.07. The molecule has 0 heterocycles. The number of carbonyl (C=O) groups is 2. The summed E-state index contributed by atoms with van der Waals surface area (Å²) in [5.74, 6) is -1.40. The average Bonchev–Trinajstić information content (AvgIpc) is 2.33. The number of hydrogen-bond donors (Lipinski definition) is 2. The zero-order valence-electron chi connectivity index (χ0n) is 10.2. The number of hydrogen-bond acceptors (Lipinski definition) is 3. The van der Waals surface area contributed by atoms with E-state index < -0.39 is 17.4 Å². The molecule has 0 aliphatic rings. The maximum absolute atomic E-state index is 12.1. The molecule has 8 heteroatoms. The first-order valence-electron chi connectivity index (χ1n) is 5.64. The van der Waals surface area contributed by atoms with E-state index in [9.17, 15) is 22.8 Å². The average molecular weight is 307 g/mol. The van der Waals surface area contributed by atoms with E-state index in [0.717, 1.165) is 0 Å². The van der Waals surface area contributed by atoms with E-state index in [0.29, 0.717) is 6.42 Å². The molecule has 1 amide bonds. The Morgan fingerprint density at radius 1 is 1.20 bits per heavy atom. The summed E-state index contributed by atoms with van der Waals surface area (Å²) in [5.41, 5.74) is -4.13. The summed E-state index contributed by atoms with van der Waals surface area (Å²) >= 11 is -0.251. The van der Waals surface area contributed by atoms with Crippen LogP contribution in [-0.2, 0) is 4.79 Å². The fourth-order valence-corrected chi connectivity index (χ4v) is 1.89. The summed E-state index contributed by atoms with van der Waals surface area (Å²) in [7, 11) is 0. The van der Waals surface area contributed by atoms with E-state index in [-0.39, 0.29) is 35.2 Å². The molecule has 0 bridgehead atoms. The maximum atomic E-state index is 12.1. The molecule has 0 spiro atoms. The summed E-state index contributed by atoms with van der Waals surface area (Å²) in [6, 6.07) is 5.01. The molecular formula is C12H12F3NO3S. The van der Waals surface area contributed by atoms with Crippen LogP contribution < -0.4 is 5.32 Å². The Labute approximate surface area is 117 Å². The third-order valence-corrected chi connectivity index (χ3v) is 2.94. The predicted molar refractivity (Wildman–Crippen MR) is 67.6 cm³/mol. The second-order valence-corrected chi connectivity index (χ2v) is 4.96. The number of aliphatic carboxylic acids is 1. The number of carbonyl (C=O) groups excluding carboxylic acids is 1. The van der Waals surface area contributed by atoms with Crippen molar-refractivity contribution in [2.24, 2.45) is 0 Å². The minimum atomic E-state index is -4.36. The smallest absolute Gasteiger partial charge is 0.446 e. The number of amides is 1. The minimum Gasteiger partial charge on any atom is -0.481 e. The van der Waals surface area contributed by atoms with E-state index >= 15 is 0 Å². The van der Waals surface area contributed by atoms with Crippen molar-refractivity contribution in [2.75, 3.05) is 6.54 Å². The maximum Gasteiger partial charge on any atom is 0.446 e. The van der Waals surface area contributed by atoms with Crippen molar-refractivity contribution in [2.45, 2.75) is 23.2 Å². The predicted octanol–water partition coefficient (Wildman–Crippen LogP) is 2.89. The number of halogens is 3. The fourth-order valence-electron chi connectivity index (χ4n) is 1.35. The van der Waals surface area contributed by atoms with E-state index in [4.69, 9.17) is 5.11 Å². The van der Waals surface area contributed by atoms with Crippen molar-refractivity contribution >= 4 is 23.6 Å². The fraction of sp³-hybridized carbons (Fsp3) is 0.333. The van der Waals surface area contributed by atoms with Gasteiger partial charge >= 0.3 is 11.5 Å². The SMILES string of the molecule is O=C(O)CCCNC(=O)c1ccc(SC(F)(F)F)cc1. The third kappa shape index (κ3) is 6.46. The van der Waals surface area contributed by atoms with E-state index in [1.807, 2.05) is 0 Å². The largest absolute Gasteiger partial charge is 0.481 e. The highest BCUT2D eigenvalue weighted by atomic mass is 32.2. The molecule has 0 unspecified atom stereocenters. The molecule has 0 fully saturated rings. The van der Waals surface area contributed by atoms with Crippen LogP contribution in [0.1, 0.15) is 23.2 Å². The first-order valence-corrected chi connectivity index (χ1v) is 6.45. The van der Waals surface area contributed by atoms with Gasteiger partial charge in [0.2, 0.25) is 0 Å². The van der Waals surface area contributed by atoms with Crippen molar-refractivity contribution < 1.29 is 27.9 Å². The highest BCUT2D eigenvalue weighted by molar-refractivity contribution is 8.00. The molecule has 4 nitrogen and oxygen atoms in total. The zero-order chi connectivity index (χ0) is 15.2. The highest BCUT2D eigenvalue weighted by Gasteiger charge is 2.29. The molecule has 0 aliphatic carbocycles. The minimum absolute atomic E-state index is 0.0000674. The lowest BCUT2D eigenvalue weighted by atomic mass is 10.2. The molecule has 1 aromatic rings. The van der Waals surface area contributed by atoms with Crippen LogP contribution in [0.4, 0.5) is 13.2 Å². The summed E-state index contributed by atoms with van der Waals surface area (Å²) < 4.78 is 36.3. The van der Waals surface area contributed by atoms with Crippen LogP contribution in [0, 0.1) is 0 Å². The first kappa shape index (κ1) is 16.4. The molecule has 2 N–H and O–H groups in total. The van der Waals surface area contributed by atoms with Crippen LogP contribution in [-0.4, -0.2) is 29.0 Å². The second kappa shape index (κ2) is 7.18. The number of carboxylic acids is 1. The molecule has 1 rings (SSSR count). The highest BCUT2D eigenvalue weighted by Crippen LogP contribution is 2.36. The normalized spacial score (nSPS) is 11.2. The number of nitrogens with one attached hydrogen (secondary N) is 1. The number of carboxylic acid groups (broad SMARTS) is 1. The molecule has 0 aromatic heterocycles. The summed E-state index contributed by atoms with van der Waals surface area (Å²) in [4.78, 5) is 21.9. The van der Waals surface area contributed by atoms with Gasteiger partial charge in [-0.15, -0.1) is 0 Å². The summed E-state index contributed by atoms with van der Waals surface area (Å²) in [5, 5.41) is 10.9. The van der Waals surface area contributed by atoms with Crippen LogP contribution in [0.5, 0.6) is 0 Å². The lowest BCUT2D eigenvalue weighted by molar-refractivity contribution is -0.137. The quantitative estimate of drug-likeness (QED) is 0.626. The van der Waals surface area contributed by atoms with Crippen LogP contribution >= 0.6 is 11.8 Å². The van der Waals surface area contributed by atoms with Crippen LogP contribution in [0.15, 0.2) is 29.2 Å². The summed E-state index contributed by atoms with van der Waals surface area (Å²) in [6.07, 6.45) is 0.241. The van der Waals surface area contributed by atoms with Gasteiger partial charge in [-0.05, 0) is 42.4 Å². The van der Waals surface area contributed by atoms with Gasteiger partial charge in [-0.1, -0.05) is 0 Å². The topological polar surface area (TPSA) is 66.4 Å². The summed E-state index contributed by atoms with van der Waals surface area (Å²) in [6.45, 7) is 0.199. The Kier molecular flexibility index (Phi) is 5.87. The first-order chi connectivity index (χ1) is 9.28. The number of benzene rings is 1.